The van der Waals surface area contributed by atoms with Crippen molar-refractivity contribution in [3.63, 3.8) is 0 Å². The number of rotatable bonds is 0. The van der Waals surface area contributed by atoms with Gasteiger partial charge in [0, 0.05) is 0 Å². The molecule has 4 heteroatoms. The second-order valence-corrected chi connectivity index (χ2v) is 3.40. The van der Waals surface area contributed by atoms with Crippen LogP contribution >= 0.6 is 12.2 Å². The standard InChI is InChI=1S/C7H14N2OS/c1-5-3-10-4-6(2)9(5)7(8)11/h5-6H,3-4H2,1-2H3,(H2,8,11). The number of ether oxygens (including phenoxy) is 1. The monoisotopic (exact) mass is 174 g/mol. The predicted molar refractivity (Wildman–Crippen MR) is 48.4 cm³/mol. The number of nitrogens with two attached hydrogens (primary N) is 1. The summed E-state index contributed by atoms with van der Waals surface area (Å²) in [6.07, 6.45) is 0. The van der Waals surface area contributed by atoms with Crippen molar-refractivity contribution in [1.29, 1.82) is 0 Å². The Bertz CT molecular complexity index is 153. The van der Waals surface area contributed by atoms with E-state index in [1.165, 1.54) is 0 Å². The smallest absolute Gasteiger partial charge is 0.166 e. The summed E-state index contributed by atoms with van der Waals surface area (Å²) in [6.45, 7) is 5.58. The third-order valence-corrected chi connectivity index (χ3v) is 2.13. The van der Waals surface area contributed by atoms with E-state index in [1.54, 1.807) is 0 Å². The van der Waals surface area contributed by atoms with E-state index in [0.29, 0.717) is 17.2 Å². The molecule has 0 aromatic heterocycles. The fourth-order valence-corrected chi connectivity index (χ4v) is 1.80. The molecule has 1 heterocycles. The van der Waals surface area contributed by atoms with Gasteiger partial charge in [0.2, 0.25) is 0 Å². The van der Waals surface area contributed by atoms with Crippen LogP contribution in [0, 0.1) is 0 Å². The Hall–Kier alpha value is -0.350. The van der Waals surface area contributed by atoms with Crippen molar-refractivity contribution in [2.75, 3.05) is 13.2 Å². The van der Waals surface area contributed by atoms with E-state index in [9.17, 15) is 0 Å². The second-order valence-electron chi connectivity index (χ2n) is 2.98. The number of hydrogen-bond donors (Lipinski definition) is 1. The van der Waals surface area contributed by atoms with Crippen molar-refractivity contribution in [2.45, 2.75) is 25.9 Å². The molecule has 0 aliphatic carbocycles. The molecule has 0 radical (unpaired) electrons. The molecule has 2 unspecified atom stereocenters. The lowest BCUT2D eigenvalue weighted by molar-refractivity contribution is 0.0000389. The van der Waals surface area contributed by atoms with Crippen LogP contribution in [0.1, 0.15) is 13.8 Å². The molecular formula is C7H14N2OS. The molecular weight excluding hydrogens is 160 g/mol. The first-order chi connectivity index (χ1) is 5.13. The molecule has 1 rings (SSSR count). The third-order valence-electron chi connectivity index (χ3n) is 1.92. The summed E-state index contributed by atoms with van der Waals surface area (Å²) in [4.78, 5) is 2.03. The highest BCUT2D eigenvalue weighted by molar-refractivity contribution is 7.80. The van der Waals surface area contributed by atoms with E-state index in [1.807, 2.05) is 4.90 Å². The Labute approximate surface area is 72.5 Å². The largest absolute Gasteiger partial charge is 0.377 e. The summed E-state index contributed by atoms with van der Waals surface area (Å²) in [5.74, 6) is 0. The zero-order valence-corrected chi connectivity index (χ0v) is 7.73. The second kappa shape index (κ2) is 3.36. The fraction of sp³-hybridized carbons (Fsp3) is 0.857. The summed E-state index contributed by atoms with van der Waals surface area (Å²) in [5, 5.41) is 0.480. The summed E-state index contributed by atoms with van der Waals surface area (Å²) < 4.78 is 5.32. The Balaban J connectivity index is 2.62. The van der Waals surface area contributed by atoms with Gasteiger partial charge in [0.15, 0.2) is 5.11 Å². The predicted octanol–water partition coefficient (Wildman–Crippen LogP) is 0.339. The zero-order chi connectivity index (χ0) is 8.43. The number of morpholine rings is 1. The van der Waals surface area contributed by atoms with Crippen molar-refractivity contribution in [1.82, 2.24) is 4.90 Å². The molecule has 1 saturated heterocycles. The molecule has 0 saturated carbocycles. The van der Waals surface area contributed by atoms with Gasteiger partial charge >= 0.3 is 0 Å². The third kappa shape index (κ3) is 1.81. The molecule has 1 aliphatic rings. The SMILES string of the molecule is CC1COCC(C)N1C(N)=S. The number of thiocarbonyl (C=S) groups is 1. The molecule has 2 N–H and O–H groups in total. The molecule has 1 aliphatic heterocycles. The van der Waals surface area contributed by atoms with E-state index < -0.39 is 0 Å². The molecule has 2 atom stereocenters. The van der Waals surface area contributed by atoms with E-state index >= 15 is 0 Å². The summed E-state index contributed by atoms with van der Waals surface area (Å²) in [7, 11) is 0. The van der Waals surface area contributed by atoms with E-state index in [0.717, 1.165) is 13.2 Å². The van der Waals surface area contributed by atoms with Gasteiger partial charge in [-0.15, -0.1) is 0 Å². The van der Waals surface area contributed by atoms with Crippen LogP contribution in [0.4, 0.5) is 0 Å². The summed E-state index contributed by atoms with van der Waals surface area (Å²) in [5.41, 5.74) is 5.55. The minimum Gasteiger partial charge on any atom is -0.377 e. The fourth-order valence-electron chi connectivity index (χ4n) is 1.44. The normalized spacial score (nSPS) is 32.0. The zero-order valence-electron chi connectivity index (χ0n) is 6.91. The van der Waals surface area contributed by atoms with Crippen LogP contribution in [-0.2, 0) is 4.74 Å². The lowest BCUT2D eigenvalue weighted by Crippen LogP contribution is -2.54. The molecule has 0 amide bonds. The van der Waals surface area contributed by atoms with Crippen molar-refractivity contribution in [3.8, 4) is 0 Å². The molecule has 11 heavy (non-hydrogen) atoms. The van der Waals surface area contributed by atoms with E-state index in [-0.39, 0.29) is 0 Å². The van der Waals surface area contributed by atoms with Crippen molar-refractivity contribution >= 4 is 17.3 Å². The Kier molecular flexibility index (Phi) is 2.67. The molecule has 0 aromatic carbocycles. The molecule has 0 bridgehead atoms. The van der Waals surface area contributed by atoms with Crippen LogP contribution in [0.25, 0.3) is 0 Å². The van der Waals surface area contributed by atoms with E-state index in [4.69, 9.17) is 22.7 Å². The van der Waals surface area contributed by atoms with Gasteiger partial charge < -0.3 is 15.4 Å². The number of nitrogens with zero attached hydrogens (tertiary/aromatic N) is 1. The summed E-state index contributed by atoms with van der Waals surface area (Å²) in [6, 6.07) is 0.632. The van der Waals surface area contributed by atoms with Crippen molar-refractivity contribution in [2.24, 2.45) is 5.73 Å². The molecule has 1 fully saturated rings. The minimum atomic E-state index is 0.316. The van der Waals surface area contributed by atoms with Gasteiger partial charge in [-0.05, 0) is 26.1 Å². The summed E-state index contributed by atoms with van der Waals surface area (Å²) >= 11 is 4.92. The van der Waals surface area contributed by atoms with Gasteiger partial charge in [-0.1, -0.05) is 0 Å². The highest BCUT2D eigenvalue weighted by Crippen LogP contribution is 2.11. The maximum atomic E-state index is 5.55. The maximum Gasteiger partial charge on any atom is 0.166 e. The molecule has 64 valence electrons. The quantitative estimate of drug-likeness (QED) is 0.537. The van der Waals surface area contributed by atoms with Crippen molar-refractivity contribution < 1.29 is 4.74 Å². The lowest BCUT2D eigenvalue weighted by atomic mass is 10.2. The van der Waals surface area contributed by atoms with Crippen LogP contribution in [0.5, 0.6) is 0 Å². The van der Waals surface area contributed by atoms with Gasteiger partial charge in [-0.2, -0.15) is 0 Å². The highest BCUT2D eigenvalue weighted by atomic mass is 32.1. The minimum absolute atomic E-state index is 0.316. The molecule has 3 nitrogen and oxygen atoms in total. The molecule has 0 aromatic rings. The van der Waals surface area contributed by atoms with Crippen LogP contribution in [0.3, 0.4) is 0 Å². The van der Waals surface area contributed by atoms with E-state index in [2.05, 4.69) is 13.8 Å². The van der Waals surface area contributed by atoms with Crippen LogP contribution in [0.15, 0.2) is 0 Å². The van der Waals surface area contributed by atoms with Gasteiger partial charge in [0.1, 0.15) is 0 Å². The first-order valence-corrected chi connectivity index (χ1v) is 4.19. The van der Waals surface area contributed by atoms with Gasteiger partial charge in [-0.25, -0.2) is 0 Å². The first kappa shape index (κ1) is 8.74. The lowest BCUT2D eigenvalue weighted by Gasteiger charge is -2.39. The van der Waals surface area contributed by atoms with Gasteiger partial charge in [0.05, 0.1) is 25.3 Å². The first-order valence-electron chi connectivity index (χ1n) is 3.78. The Morgan fingerprint density at radius 1 is 1.45 bits per heavy atom. The number of hydrogen-bond acceptors (Lipinski definition) is 2. The van der Waals surface area contributed by atoms with Crippen LogP contribution < -0.4 is 5.73 Å². The Morgan fingerprint density at radius 2 is 1.91 bits per heavy atom. The average Bonchev–Trinajstić information content (AvgIpc) is 1.85. The van der Waals surface area contributed by atoms with Crippen LogP contribution in [0.2, 0.25) is 0 Å². The average molecular weight is 174 g/mol. The highest BCUT2D eigenvalue weighted by Gasteiger charge is 2.25. The van der Waals surface area contributed by atoms with Crippen molar-refractivity contribution in [3.05, 3.63) is 0 Å². The van der Waals surface area contributed by atoms with Gasteiger partial charge in [0.25, 0.3) is 0 Å². The topological polar surface area (TPSA) is 38.5 Å². The van der Waals surface area contributed by atoms with Gasteiger partial charge in [-0.3, -0.25) is 0 Å². The molecule has 0 spiro atoms. The van der Waals surface area contributed by atoms with Crippen LogP contribution in [-0.4, -0.2) is 35.3 Å². The Morgan fingerprint density at radius 3 is 2.18 bits per heavy atom. The maximum absolute atomic E-state index is 5.55.